The van der Waals surface area contributed by atoms with Gasteiger partial charge >= 0.3 is 0 Å². The summed E-state index contributed by atoms with van der Waals surface area (Å²) in [4.78, 5) is 4.22. The highest BCUT2D eigenvalue weighted by Gasteiger charge is 1.99. The summed E-state index contributed by atoms with van der Waals surface area (Å²) in [6.45, 7) is 0. The van der Waals surface area contributed by atoms with Crippen LogP contribution in [0.5, 0.6) is 5.75 Å². The van der Waals surface area contributed by atoms with Gasteiger partial charge in [0.1, 0.15) is 10.9 Å². The van der Waals surface area contributed by atoms with Crippen LogP contribution in [0.2, 0.25) is 5.15 Å². The van der Waals surface area contributed by atoms with Crippen molar-refractivity contribution in [3.8, 4) is 17.0 Å². The maximum atomic E-state index is 5.82. The summed E-state index contributed by atoms with van der Waals surface area (Å²) < 4.78 is 5.08. The Hall–Kier alpha value is -1.54. The molecule has 0 aliphatic rings. The van der Waals surface area contributed by atoms with Crippen LogP contribution in [0.15, 0.2) is 42.5 Å². The van der Waals surface area contributed by atoms with Crippen molar-refractivity contribution in [1.82, 2.24) is 4.98 Å². The predicted molar refractivity (Wildman–Crippen MR) is 61.2 cm³/mol. The molecule has 0 saturated carbocycles. The van der Waals surface area contributed by atoms with Gasteiger partial charge in [0, 0.05) is 5.56 Å². The Kier molecular flexibility index (Phi) is 2.88. The molecule has 0 spiro atoms. The lowest BCUT2D eigenvalue weighted by atomic mass is 10.1. The molecule has 0 bridgehead atoms. The Bertz CT molecular complexity index is 453. The molecule has 1 aromatic carbocycles. The van der Waals surface area contributed by atoms with E-state index >= 15 is 0 Å². The standard InChI is InChI=1S/C12H10ClNO/c1-15-10-7-5-9(6-8-10)11-3-2-4-12(13)14-11/h2-8H,1H3. The molecule has 2 rings (SSSR count). The van der Waals surface area contributed by atoms with E-state index < -0.39 is 0 Å². The molecule has 3 heteroatoms. The summed E-state index contributed by atoms with van der Waals surface area (Å²) in [5.41, 5.74) is 1.89. The highest BCUT2D eigenvalue weighted by atomic mass is 35.5. The van der Waals surface area contributed by atoms with Crippen LogP contribution in [-0.2, 0) is 0 Å². The van der Waals surface area contributed by atoms with Crippen molar-refractivity contribution >= 4 is 11.6 Å². The highest BCUT2D eigenvalue weighted by molar-refractivity contribution is 6.29. The van der Waals surface area contributed by atoms with Gasteiger partial charge in [-0.3, -0.25) is 0 Å². The van der Waals surface area contributed by atoms with E-state index in [0.29, 0.717) is 5.15 Å². The van der Waals surface area contributed by atoms with Gasteiger partial charge < -0.3 is 4.74 Å². The average Bonchev–Trinajstić information content (AvgIpc) is 2.29. The molecule has 0 unspecified atom stereocenters. The molecule has 0 aliphatic carbocycles. The molecule has 0 amide bonds. The van der Waals surface area contributed by atoms with Crippen molar-refractivity contribution in [2.75, 3.05) is 7.11 Å². The number of rotatable bonds is 2. The molecule has 2 nitrogen and oxygen atoms in total. The fourth-order valence-electron chi connectivity index (χ4n) is 1.33. The number of methoxy groups -OCH3 is 1. The largest absolute Gasteiger partial charge is 0.497 e. The van der Waals surface area contributed by atoms with Gasteiger partial charge in [-0.05, 0) is 36.4 Å². The van der Waals surface area contributed by atoms with Gasteiger partial charge in [0.2, 0.25) is 0 Å². The maximum Gasteiger partial charge on any atom is 0.129 e. The average molecular weight is 220 g/mol. The van der Waals surface area contributed by atoms with E-state index in [1.54, 1.807) is 13.2 Å². The van der Waals surface area contributed by atoms with Crippen molar-refractivity contribution in [1.29, 1.82) is 0 Å². The van der Waals surface area contributed by atoms with Crippen molar-refractivity contribution in [2.45, 2.75) is 0 Å². The molecule has 1 aromatic heterocycles. The second-order valence-corrected chi connectivity index (χ2v) is 3.46. The predicted octanol–water partition coefficient (Wildman–Crippen LogP) is 3.41. The van der Waals surface area contributed by atoms with Gasteiger partial charge in [0.15, 0.2) is 0 Å². The third-order valence-electron chi connectivity index (χ3n) is 2.10. The van der Waals surface area contributed by atoms with Crippen molar-refractivity contribution in [3.63, 3.8) is 0 Å². The lowest BCUT2D eigenvalue weighted by molar-refractivity contribution is 0.415. The van der Waals surface area contributed by atoms with Gasteiger partial charge in [-0.2, -0.15) is 0 Å². The molecule has 0 saturated heterocycles. The highest BCUT2D eigenvalue weighted by Crippen LogP contribution is 2.21. The van der Waals surface area contributed by atoms with E-state index in [1.807, 2.05) is 36.4 Å². The first-order valence-electron chi connectivity index (χ1n) is 4.56. The van der Waals surface area contributed by atoms with Crippen LogP contribution >= 0.6 is 11.6 Å². The number of hydrogen-bond acceptors (Lipinski definition) is 2. The van der Waals surface area contributed by atoms with Crippen LogP contribution in [0, 0.1) is 0 Å². The first-order chi connectivity index (χ1) is 7.29. The van der Waals surface area contributed by atoms with Gasteiger partial charge in [-0.25, -0.2) is 4.98 Å². The zero-order valence-electron chi connectivity index (χ0n) is 8.27. The van der Waals surface area contributed by atoms with Crippen LogP contribution in [-0.4, -0.2) is 12.1 Å². The summed E-state index contributed by atoms with van der Waals surface area (Å²) in [7, 11) is 1.65. The van der Waals surface area contributed by atoms with Crippen LogP contribution in [0.1, 0.15) is 0 Å². The molecule has 76 valence electrons. The molecule has 0 aliphatic heterocycles. The van der Waals surface area contributed by atoms with Crippen LogP contribution in [0.3, 0.4) is 0 Å². The van der Waals surface area contributed by atoms with E-state index in [4.69, 9.17) is 16.3 Å². The number of ether oxygens (including phenoxy) is 1. The Morgan fingerprint density at radius 1 is 1.07 bits per heavy atom. The summed E-state index contributed by atoms with van der Waals surface area (Å²) in [5.74, 6) is 0.834. The normalized spacial score (nSPS) is 10.0. The Morgan fingerprint density at radius 2 is 1.80 bits per heavy atom. The number of nitrogens with zero attached hydrogens (tertiary/aromatic N) is 1. The minimum atomic E-state index is 0.503. The summed E-state index contributed by atoms with van der Waals surface area (Å²) >= 11 is 5.82. The molecule has 2 aromatic rings. The molecule has 1 heterocycles. The third-order valence-corrected chi connectivity index (χ3v) is 2.31. The SMILES string of the molecule is COc1ccc(-c2cccc(Cl)n2)cc1. The second kappa shape index (κ2) is 4.32. The Morgan fingerprint density at radius 3 is 2.40 bits per heavy atom. The van der Waals surface area contributed by atoms with Crippen LogP contribution in [0.4, 0.5) is 0 Å². The third kappa shape index (κ3) is 2.28. The van der Waals surface area contributed by atoms with Gasteiger partial charge in [-0.15, -0.1) is 0 Å². The topological polar surface area (TPSA) is 22.1 Å². The van der Waals surface area contributed by atoms with Crippen LogP contribution in [0.25, 0.3) is 11.3 Å². The smallest absolute Gasteiger partial charge is 0.129 e. The monoisotopic (exact) mass is 219 g/mol. The lowest BCUT2D eigenvalue weighted by Gasteiger charge is -2.03. The summed E-state index contributed by atoms with van der Waals surface area (Å²) in [6.07, 6.45) is 0. The molecular formula is C12H10ClNO. The zero-order chi connectivity index (χ0) is 10.7. The first-order valence-corrected chi connectivity index (χ1v) is 4.94. The zero-order valence-corrected chi connectivity index (χ0v) is 9.03. The van der Waals surface area contributed by atoms with Gasteiger partial charge in [0.25, 0.3) is 0 Å². The quantitative estimate of drug-likeness (QED) is 0.723. The lowest BCUT2D eigenvalue weighted by Crippen LogP contribution is -1.85. The van der Waals surface area contributed by atoms with Crippen LogP contribution < -0.4 is 4.74 Å². The number of pyridine rings is 1. The van der Waals surface area contributed by atoms with Gasteiger partial charge in [-0.1, -0.05) is 17.7 Å². The molecule has 0 radical (unpaired) electrons. The number of hydrogen-bond donors (Lipinski definition) is 0. The van der Waals surface area contributed by atoms with Crippen molar-refractivity contribution in [2.24, 2.45) is 0 Å². The number of halogens is 1. The van der Waals surface area contributed by atoms with E-state index in [0.717, 1.165) is 17.0 Å². The molecule has 15 heavy (non-hydrogen) atoms. The Labute approximate surface area is 93.5 Å². The molecule has 0 atom stereocenters. The fourth-order valence-corrected chi connectivity index (χ4v) is 1.49. The summed E-state index contributed by atoms with van der Waals surface area (Å²) in [6, 6.07) is 13.3. The number of aromatic nitrogens is 1. The van der Waals surface area contributed by atoms with E-state index in [-0.39, 0.29) is 0 Å². The Balaban J connectivity index is 2.37. The molecule has 0 fully saturated rings. The summed E-state index contributed by atoms with van der Waals surface area (Å²) in [5, 5.41) is 0.503. The van der Waals surface area contributed by atoms with E-state index in [1.165, 1.54) is 0 Å². The van der Waals surface area contributed by atoms with E-state index in [9.17, 15) is 0 Å². The van der Waals surface area contributed by atoms with Crippen molar-refractivity contribution in [3.05, 3.63) is 47.6 Å². The first kappa shape index (κ1) is 9.99. The molecular weight excluding hydrogens is 210 g/mol. The van der Waals surface area contributed by atoms with E-state index in [2.05, 4.69) is 4.98 Å². The number of benzene rings is 1. The van der Waals surface area contributed by atoms with Gasteiger partial charge in [0.05, 0.1) is 12.8 Å². The maximum absolute atomic E-state index is 5.82. The second-order valence-electron chi connectivity index (χ2n) is 3.07. The fraction of sp³-hybridized carbons (Fsp3) is 0.0833. The molecule has 0 N–H and O–H groups in total. The minimum Gasteiger partial charge on any atom is -0.497 e. The van der Waals surface area contributed by atoms with Crippen molar-refractivity contribution < 1.29 is 4.74 Å². The minimum absolute atomic E-state index is 0.503.